The fraction of sp³-hybridized carbons (Fsp3) is 1.00. The Morgan fingerprint density at radius 3 is 2.93 bits per heavy atom. The van der Waals surface area contributed by atoms with Crippen LogP contribution in [0.1, 0.15) is 39.5 Å². The third kappa shape index (κ3) is 4.40. The second kappa shape index (κ2) is 5.69. The number of hydrogen-bond acceptors (Lipinski definition) is 3. The van der Waals surface area contributed by atoms with Crippen molar-refractivity contribution < 1.29 is 4.74 Å². The molecule has 0 amide bonds. The number of nitrogens with two attached hydrogens (primary N) is 1. The molecule has 0 aromatic heterocycles. The van der Waals surface area contributed by atoms with Gasteiger partial charge in [-0.3, -0.25) is 0 Å². The summed E-state index contributed by atoms with van der Waals surface area (Å²) in [7, 11) is 0. The maximum atomic E-state index is 5.69. The number of ether oxygens (including phenoxy) is 1. The molecular weight excluding hydrogens is 176 g/mol. The van der Waals surface area contributed by atoms with E-state index in [0.717, 1.165) is 32.6 Å². The van der Waals surface area contributed by atoms with E-state index < -0.39 is 0 Å². The van der Waals surface area contributed by atoms with Crippen molar-refractivity contribution in [2.24, 2.45) is 5.73 Å². The van der Waals surface area contributed by atoms with Crippen molar-refractivity contribution in [2.75, 3.05) is 19.8 Å². The van der Waals surface area contributed by atoms with Gasteiger partial charge in [0, 0.05) is 18.2 Å². The molecule has 1 fully saturated rings. The topological polar surface area (TPSA) is 47.3 Å². The molecule has 84 valence electrons. The molecule has 3 heteroatoms. The zero-order chi connectivity index (χ0) is 10.4. The molecule has 2 unspecified atom stereocenters. The Morgan fingerprint density at radius 1 is 1.57 bits per heavy atom. The molecule has 1 rings (SSSR count). The van der Waals surface area contributed by atoms with E-state index in [-0.39, 0.29) is 5.54 Å². The average molecular weight is 200 g/mol. The second-order valence-corrected chi connectivity index (χ2v) is 4.76. The van der Waals surface area contributed by atoms with E-state index in [0.29, 0.717) is 6.04 Å². The molecule has 0 bridgehead atoms. The van der Waals surface area contributed by atoms with Crippen molar-refractivity contribution >= 4 is 0 Å². The van der Waals surface area contributed by atoms with Crippen LogP contribution in [0.2, 0.25) is 0 Å². The quantitative estimate of drug-likeness (QED) is 0.657. The van der Waals surface area contributed by atoms with Crippen molar-refractivity contribution in [2.45, 2.75) is 51.1 Å². The van der Waals surface area contributed by atoms with Gasteiger partial charge in [-0.15, -0.1) is 0 Å². The highest BCUT2D eigenvalue weighted by Gasteiger charge is 2.26. The first-order chi connectivity index (χ1) is 6.62. The van der Waals surface area contributed by atoms with Gasteiger partial charge in [-0.1, -0.05) is 0 Å². The number of nitrogens with one attached hydrogen (secondary N) is 1. The second-order valence-electron chi connectivity index (χ2n) is 4.76. The van der Waals surface area contributed by atoms with Crippen LogP contribution in [-0.4, -0.2) is 31.3 Å². The summed E-state index contributed by atoms with van der Waals surface area (Å²) >= 11 is 0. The Balaban J connectivity index is 2.09. The Kier molecular flexibility index (Phi) is 4.85. The number of rotatable bonds is 5. The SMILES string of the molecule is CC(N)CCCNC1(C)CCCOC1. The van der Waals surface area contributed by atoms with Crippen LogP contribution >= 0.6 is 0 Å². The van der Waals surface area contributed by atoms with Gasteiger partial charge >= 0.3 is 0 Å². The van der Waals surface area contributed by atoms with E-state index in [4.69, 9.17) is 10.5 Å². The van der Waals surface area contributed by atoms with Crippen molar-refractivity contribution in [3.8, 4) is 0 Å². The van der Waals surface area contributed by atoms with E-state index >= 15 is 0 Å². The lowest BCUT2D eigenvalue weighted by molar-refractivity contribution is 0.0285. The molecule has 0 aromatic rings. The first-order valence-corrected chi connectivity index (χ1v) is 5.71. The van der Waals surface area contributed by atoms with Crippen LogP contribution in [0.5, 0.6) is 0 Å². The van der Waals surface area contributed by atoms with Gasteiger partial charge < -0.3 is 15.8 Å². The normalized spacial score (nSPS) is 30.2. The largest absolute Gasteiger partial charge is 0.380 e. The van der Waals surface area contributed by atoms with Crippen molar-refractivity contribution in [3.05, 3.63) is 0 Å². The van der Waals surface area contributed by atoms with Crippen LogP contribution < -0.4 is 11.1 Å². The summed E-state index contributed by atoms with van der Waals surface area (Å²) in [6.45, 7) is 7.15. The summed E-state index contributed by atoms with van der Waals surface area (Å²) in [5.41, 5.74) is 5.90. The van der Waals surface area contributed by atoms with Gasteiger partial charge in [-0.05, 0) is 46.1 Å². The van der Waals surface area contributed by atoms with Gasteiger partial charge in [-0.2, -0.15) is 0 Å². The van der Waals surface area contributed by atoms with Gasteiger partial charge in [0.2, 0.25) is 0 Å². The summed E-state index contributed by atoms with van der Waals surface area (Å²) < 4.78 is 5.48. The average Bonchev–Trinajstić information content (AvgIpc) is 2.14. The lowest BCUT2D eigenvalue weighted by Gasteiger charge is -2.34. The summed E-state index contributed by atoms with van der Waals surface area (Å²) in [6, 6.07) is 0.326. The summed E-state index contributed by atoms with van der Waals surface area (Å²) in [6.07, 6.45) is 4.67. The van der Waals surface area contributed by atoms with E-state index in [1.807, 2.05) is 0 Å². The number of hydrogen-bond donors (Lipinski definition) is 2. The minimum atomic E-state index is 0.204. The lowest BCUT2D eigenvalue weighted by atomic mass is 9.95. The smallest absolute Gasteiger partial charge is 0.0645 e. The molecule has 0 spiro atoms. The predicted octanol–water partition coefficient (Wildman–Crippen LogP) is 1.27. The Labute approximate surface area is 87.4 Å². The van der Waals surface area contributed by atoms with Gasteiger partial charge in [0.25, 0.3) is 0 Å². The van der Waals surface area contributed by atoms with Crippen LogP contribution in [0.15, 0.2) is 0 Å². The van der Waals surface area contributed by atoms with Gasteiger partial charge in [-0.25, -0.2) is 0 Å². The Bertz CT molecular complexity index is 153. The lowest BCUT2D eigenvalue weighted by Crippen LogP contribution is -2.49. The highest BCUT2D eigenvalue weighted by Crippen LogP contribution is 2.18. The van der Waals surface area contributed by atoms with E-state index in [9.17, 15) is 0 Å². The molecule has 1 saturated heterocycles. The summed E-state index contributed by atoms with van der Waals surface area (Å²) in [4.78, 5) is 0. The predicted molar refractivity (Wildman–Crippen MR) is 59.3 cm³/mol. The van der Waals surface area contributed by atoms with Crippen LogP contribution in [0.3, 0.4) is 0 Å². The fourth-order valence-electron chi connectivity index (χ4n) is 1.89. The molecule has 14 heavy (non-hydrogen) atoms. The molecule has 0 radical (unpaired) electrons. The molecule has 3 nitrogen and oxygen atoms in total. The van der Waals surface area contributed by atoms with Crippen LogP contribution in [0, 0.1) is 0 Å². The van der Waals surface area contributed by atoms with Crippen molar-refractivity contribution in [1.82, 2.24) is 5.32 Å². The zero-order valence-corrected chi connectivity index (χ0v) is 9.51. The maximum absolute atomic E-state index is 5.69. The molecule has 0 aromatic carbocycles. The van der Waals surface area contributed by atoms with Gasteiger partial charge in [0.05, 0.1) is 6.61 Å². The summed E-state index contributed by atoms with van der Waals surface area (Å²) in [5, 5.41) is 3.57. The molecule has 1 aliphatic heterocycles. The highest BCUT2D eigenvalue weighted by atomic mass is 16.5. The Morgan fingerprint density at radius 2 is 2.36 bits per heavy atom. The minimum absolute atomic E-state index is 0.204. The molecular formula is C11H24N2O. The van der Waals surface area contributed by atoms with E-state index in [1.54, 1.807) is 0 Å². The first kappa shape index (κ1) is 12.0. The van der Waals surface area contributed by atoms with Crippen LogP contribution in [-0.2, 0) is 4.74 Å². The van der Waals surface area contributed by atoms with Crippen molar-refractivity contribution in [3.63, 3.8) is 0 Å². The van der Waals surface area contributed by atoms with Gasteiger partial charge in [0.1, 0.15) is 0 Å². The van der Waals surface area contributed by atoms with E-state index in [1.165, 1.54) is 12.8 Å². The van der Waals surface area contributed by atoms with Crippen molar-refractivity contribution in [1.29, 1.82) is 0 Å². The third-order valence-electron chi connectivity index (χ3n) is 2.83. The Hall–Kier alpha value is -0.120. The minimum Gasteiger partial charge on any atom is -0.380 e. The van der Waals surface area contributed by atoms with Crippen LogP contribution in [0.25, 0.3) is 0 Å². The summed E-state index contributed by atoms with van der Waals surface area (Å²) in [5.74, 6) is 0. The van der Waals surface area contributed by atoms with Crippen LogP contribution in [0.4, 0.5) is 0 Å². The van der Waals surface area contributed by atoms with Gasteiger partial charge in [0.15, 0.2) is 0 Å². The zero-order valence-electron chi connectivity index (χ0n) is 9.51. The molecule has 0 aliphatic carbocycles. The highest BCUT2D eigenvalue weighted by molar-refractivity contribution is 4.85. The molecule has 0 saturated carbocycles. The third-order valence-corrected chi connectivity index (χ3v) is 2.83. The molecule has 3 N–H and O–H groups in total. The molecule has 1 aliphatic rings. The molecule has 1 heterocycles. The monoisotopic (exact) mass is 200 g/mol. The standard InChI is InChI=1S/C11H24N2O/c1-10(12)5-3-7-13-11(2)6-4-8-14-9-11/h10,13H,3-9,12H2,1-2H3. The van der Waals surface area contributed by atoms with E-state index in [2.05, 4.69) is 19.2 Å². The first-order valence-electron chi connectivity index (χ1n) is 5.71. The maximum Gasteiger partial charge on any atom is 0.0645 e. The fourth-order valence-corrected chi connectivity index (χ4v) is 1.89. The molecule has 2 atom stereocenters.